The quantitative estimate of drug-likeness (QED) is 0.776. The Morgan fingerprint density at radius 2 is 1.89 bits per heavy atom. The van der Waals surface area contributed by atoms with Gasteiger partial charge in [0.25, 0.3) is 5.91 Å². The largest absolute Gasteiger partial charge is 0.507 e. The van der Waals surface area contributed by atoms with E-state index in [0.29, 0.717) is 12.8 Å². The molecule has 1 fully saturated rings. The number of rotatable bonds is 3. The summed E-state index contributed by atoms with van der Waals surface area (Å²) in [6.07, 6.45) is 2.43. The summed E-state index contributed by atoms with van der Waals surface area (Å²) in [6, 6.07) is 4.68. The number of aryl methyl sites for hydroxylation is 1. The van der Waals surface area contributed by atoms with Crippen LogP contribution in [0.5, 0.6) is 5.75 Å². The topological polar surface area (TPSA) is 86.6 Å². The van der Waals surface area contributed by atoms with Gasteiger partial charge in [-0.15, -0.1) is 0 Å². The van der Waals surface area contributed by atoms with E-state index in [9.17, 15) is 19.8 Å². The van der Waals surface area contributed by atoms with Crippen LogP contribution in [0.15, 0.2) is 18.2 Å². The molecule has 1 aromatic rings. The smallest absolute Gasteiger partial charge is 0.329 e. The molecule has 0 radical (unpaired) electrons. The Balaban J connectivity index is 2.25. The molecule has 1 aliphatic rings. The summed E-state index contributed by atoms with van der Waals surface area (Å²) in [4.78, 5) is 23.5. The molecule has 0 aliphatic heterocycles. The summed E-state index contributed by atoms with van der Waals surface area (Å²) in [5.41, 5.74) is -0.237. The average molecular weight is 263 g/mol. The Morgan fingerprint density at radius 3 is 2.47 bits per heavy atom. The highest BCUT2D eigenvalue weighted by Crippen LogP contribution is 2.31. The second kappa shape index (κ2) is 4.91. The Morgan fingerprint density at radius 1 is 1.26 bits per heavy atom. The minimum absolute atomic E-state index is 0.118. The zero-order valence-electron chi connectivity index (χ0n) is 10.8. The van der Waals surface area contributed by atoms with E-state index in [1.807, 2.05) is 0 Å². The van der Waals surface area contributed by atoms with Crippen molar-refractivity contribution < 1.29 is 19.8 Å². The number of phenols is 1. The van der Waals surface area contributed by atoms with E-state index in [-0.39, 0.29) is 11.3 Å². The first kappa shape index (κ1) is 13.4. The number of hydrogen-bond donors (Lipinski definition) is 3. The van der Waals surface area contributed by atoms with Gasteiger partial charge in [0.05, 0.1) is 5.56 Å². The van der Waals surface area contributed by atoms with Crippen molar-refractivity contribution in [1.82, 2.24) is 5.32 Å². The second-order valence-corrected chi connectivity index (χ2v) is 5.07. The predicted octanol–water partition coefficient (Wildman–Crippen LogP) is 1.83. The number of nitrogens with one attached hydrogen (secondary N) is 1. The van der Waals surface area contributed by atoms with E-state index in [1.54, 1.807) is 19.1 Å². The van der Waals surface area contributed by atoms with Gasteiger partial charge in [-0.3, -0.25) is 4.79 Å². The van der Waals surface area contributed by atoms with Crippen LogP contribution in [0, 0.1) is 6.92 Å². The number of amides is 1. The molecule has 0 heterocycles. The fourth-order valence-corrected chi connectivity index (χ4v) is 2.49. The molecular formula is C14H17NO4. The molecule has 0 spiro atoms. The van der Waals surface area contributed by atoms with Crippen LogP contribution in [0.25, 0.3) is 0 Å². The van der Waals surface area contributed by atoms with Crippen LogP contribution in [0.4, 0.5) is 0 Å². The van der Waals surface area contributed by atoms with Crippen LogP contribution in [-0.4, -0.2) is 27.6 Å². The monoisotopic (exact) mass is 263 g/mol. The first-order valence-electron chi connectivity index (χ1n) is 6.30. The van der Waals surface area contributed by atoms with Crippen molar-refractivity contribution >= 4 is 11.9 Å². The van der Waals surface area contributed by atoms with Crippen molar-refractivity contribution in [2.45, 2.75) is 38.1 Å². The molecule has 19 heavy (non-hydrogen) atoms. The highest BCUT2D eigenvalue weighted by atomic mass is 16.4. The standard InChI is InChI=1S/C14H17NO4/c1-9-4-5-11(16)10(8-9)12(17)15-14(13(18)19)6-2-3-7-14/h4-5,8,16H,2-3,6-7H2,1H3,(H,15,17)(H,18,19). The van der Waals surface area contributed by atoms with E-state index < -0.39 is 17.4 Å². The van der Waals surface area contributed by atoms with E-state index in [4.69, 9.17) is 0 Å². The fourth-order valence-electron chi connectivity index (χ4n) is 2.49. The van der Waals surface area contributed by atoms with Crippen molar-refractivity contribution in [2.75, 3.05) is 0 Å². The molecule has 0 aromatic heterocycles. The molecule has 5 nitrogen and oxygen atoms in total. The van der Waals surface area contributed by atoms with Crippen molar-refractivity contribution in [1.29, 1.82) is 0 Å². The van der Waals surface area contributed by atoms with Crippen LogP contribution < -0.4 is 5.32 Å². The van der Waals surface area contributed by atoms with Gasteiger partial charge in [0.2, 0.25) is 0 Å². The summed E-state index contributed by atoms with van der Waals surface area (Å²) in [5.74, 6) is -1.68. The lowest BCUT2D eigenvalue weighted by Crippen LogP contribution is -2.52. The van der Waals surface area contributed by atoms with Crippen LogP contribution in [0.3, 0.4) is 0 Å². The lowest BCUT2D eigenvalue weighted by Gasteiger charge is -2.25. The number of carbonyl (C=O) groups excluding carboxylic acids is 1. The number of carboxylic acid groups (broad SMARTS) is 1. The molecule has 1 aliphatic carbocycles. The van der Waals surface area contributed by atoms with Gasteiger partial charge in [0, 0.05) is 0 Å². The third-order valence-electron chi connectivity index (χ3n) is 3.62. The van der Waals surface area contributed by atoms with E-state index >= 15 is 0 Å². The maximum atomic E-state index is 12.1. The fraction of sp³-hybridized carbons (Fsp3) is 0.429. The maximum Gasteiger partial charge on any atom is 0.329 e. The number of carbonyl (C=O) groups is 2. The Hall–Kier alpha value is -2.04. The van der Waals surface area contributed by atoms with Gasteiger partial charge in [-0.2, -0.15) is 0 Å². The molecule has 2 rings (SSSR count). The minimum Gasteiger partial charge on any atom is -0.507 e. The van der Waals surface area contributed by atoms with E-state index in [1.165, 1.54) is 6.07 Å². The summed E-state index contributed by atoms with van der Waals surface area (Å²) in [6.45, 7) is 1.80. The number of hydrogen-bond acceptors (Lipinski definition) is 3. The molecule has 1 saturated carbocycles. The average Bonchev–Trinajstić information content (AvgIpc) is 2.82. The maximum absolute atomic E-state index is 12.1. The van der Waals surface area contributed by atoms with Crippen LogP contribution >= 0.6 is 0 Å². The van der Waals surface area contributed by atoms with Crippen LogP contribution in [0.1, 0.15) is 41.6 Å². The molecule has 0 saturated heterocycles. The summed E-state index contributed by atoms with van der Waals surface area (Å²) >= 11 is 0. The molecule has 3 N–H and O–H groups in total. The van der Waals surface area contributed by atoms with Gasteiger partial charge in [-0.05, 0) is 31.9 Å². The van der Waals surface area contributed by atoms with E-state index in [0.717, 1.165) is 18.4 Å². The van der Waals surface area contributed by atoms with Crippen molar-refractivity contribution in [2.24, 2.45) is 0 Å². The van der Waals surface area contributed by atoms with Crippen molar-refractivity contribution in [3.63, 3.8) is 0 Å². The van der Waals surface area contributed by atoms with Crippen LogP contribution in [0.2, 0.25) is 0 Å². The zero-order chi connectivity index (χ0) is 14.0. The first-order valence-corrected chi connectivity index (χ1v) is 6.30. The number of phenolic OH excluding ortho intramolecular Hbond substituents is 1. The molecule has 5 heteroatoms. The molecule has 0 unspecified atom stereocenters. The third kappa shape index (κ3) is 2.54. The van der Waals surface area contributed by atoms with Gasteiger partial charge in [-0.1, -0.05) is 24.5 Å². The minimum atomic E-state index is -1.19. The van der Waals surface area contributed by atoms with Gasteiger partial charge in [0.1, 0.15) is 11.3 Å². The molecule has 1 aromatic carbocycles. The van der Waals surface area contributed by atoms with Gasteiger partial charge < -0.3 is 15.5 Å². The van der Waals surface area contributed by atoms with Crippen LogP contribution in [-0.2, 0) is 4.79 Å². The third-order valence-corrected chi connectivity index (χ3v) is 3.62. The number of aromatic hydroxyl groups is 1. The lowest BCUT2D eigenvalue weighted by molar-refractivity contribution is -0.144. The molecule has 0 atom stereocenters. The van der Waals surface area contributed by atoms with Gasteiger partial charge in [0.15, 0.2) is 0 Å². The molecular weight excluding hydrogens is 246 g/mol. The van der Waals surface area contributed by atoms with E-state index in [2.05, 4.69) is 5.32 Å². The van der Waals surface area contributed by atoms with Gasteiger partial charge in [-0.25, -0.2) is 4.79 Å². The van der Waals surface area contributed by atoms with Gasteiger partial charge >= 0.3 is 5.97 Å². The van der Waals surface area contributed by atoms with Crippen molar-refractivity contribution in [3.05, 3.63) is 29.3 Å². The number of carboxylic acids is 1. The zero-order valence-corrected chi connectivity index (χ0v) is 10.8. The Labute approximate surface area is 111 Å². The SMILES string of the molecule is Cc1ccc(O)c(C(=O)NC2(C(=O)O)CCCC2)c1. The molecule has 1 amide bonds. The summed E-state index contributed by atoms with van der Waals surface area (Å²) in [7, 11) is 0. The summed E-state index contributed by atoms with van der Waals surface area (Å²) in [5, 5.41) is 21.6. The van der Waals surface area contributed by atoms with Crippen molar-refractivity contribution in [3.8, 4) is 5.75 Å². The number of aliphatic carboxylic acids is 1. The Kier molecular flexibility index (Phi) is 3.46. The molecule has 102 valence electrons. The highest BCUT2D eigenvalue weighted by molar-refractivity contribution is 6.00. The first-order chi connectivity index (χ1) is 8.94. The summed E-state index contributed by atoms with van der Waals surface area (Å²) < 4.78 is 0. The second-order valence-electron chi connectivity index (χ2n) is 5.07. The molecule has 0 bridgehead atoms. The number of benzene rings is 1. The lowest BCUT2D eigenvalue weighted by atomic mass is 9.97. The predicted molar refractivity (Wildman–Crippen MR) is 69.1 cm³/mol. The highest BCUT2D eigenvalue weighted by Gasteiger charge is 2.42. The normalized spacial score (nSPS) is 17.1. The Bertz CT molecular complexity index is 518.